The molecule has 28 heavy (non-hydrogen) atoms. The summed E-state index contributed by atoms with van der Waals surface area (Å²) in [7, 11) is -5.70. The van der Waals surface area contributed by atoms with Crippen molar-refractivity contribution in [1.82, 2.24) is 4.90 Å². The summed E-state index contributed by atoms with van der Waals surface area (Å²) in [6.07, 6.45) is 0. The lowest BCUT2D eigenvalue weighted by molar-refractivity contribution is -0.0500. The Morgan fingerprint density at radius 3 is 2.36 bits per heavy atom. The van der Waals surface area contributed by atoms with E-state index >= 15 is 0 Å². The van der Waals surface area contributed by atoms with Gasteiger partial charge in [-0.05, 0) is 29.5 Å². The Morgan fingerprint density at radius 1 is 1.07 bits per heavy atom. The first-order chi connectivity index (χ1) is 13.1. The molecule has 0 bridgehead atoms. The number of piperazine rings is 1. The largest absolute Gasteiger partial charge is 0.534 e. The lowest BCUT2D eigenvalue weighted by atomic mass is 10.1. The summed E-state index contributed by atoms with van der Waals surface area (Å²) in [6, 6.07) is 9.73. The van der Waals surface area contributed by atoms with Crippen molar-refractivity contribution in [2.45, 2.75) is 19.4 Å². The van der Waals surface area contributed by atoms with Crippen molar-refractivity contribution in [3.63, 3.8) is 0 Å². The summed E-state index contributed by atoms with van der Waals surface area (Å²) < 4.78 is 64.7. The maximum Gasteiger partial charge on any atom is 0.534 e. The fourth-order valence-electron chi connectivity index (χ4n) is 3.33. The van der Waals surface area contributed by atoms with Crippen LogP contribution >= 0.6 is 0 Å². The molecule has 1 aliphatic rings. The highest BCUT2D eigenvalue weighted by Gasteiger charge is 2.48. The van der Waals surface area contributed by atoms with Crippen LogP contribution in [-0.2, 0) is 10.1 Å². The number of halogens is 3. The molecule has 153 valence electrons. The first-order valence-corrected chi connectivity index (χ1v) is 10.3. The van der Waals surface area contributed by atoms with Gasteiger partial charge in [-0.2, -0.15) is 21.6 Å². The van der Waals surface area contributed by atoms with Gasteiger partial charge in [0.25, 0.3) is 0 Å². The molecule has 0 atom stereocenters. The van der Waals surface area contributed by atoms with Crippen LogP contribution in [-0.4, -0.2) is 51.5 Å². The van der Waals surface area contributed by atoms with E-state index in [1.807, 2.05) is 18.2 Å². The predicted molar refractivity (Wildman–Crippen MR) is 103 cm³/mol. The zero-order valence-corrected chi connectivity index (χ0v) is 16.5. The second-order valence-electron chi connectivity index (χ2n) is 7.11. The van der Waals surface area contributed by atoms with Crippen LogP contribution in [0.3, 0.4) is 0 Å². The molecule has 0 aliphatic carbocycles. The third-order valence-corrected chi connectivity index (χ3v) is 5.55. The Hall–Kier alpha value is -2.00. The molecule has 1 radical (unpaired) electrons. The highest BCUT2D eigenvalue weighted by atomic mass is 32.2. The lowest BCUT2D eigenvalue weighted by Crippen LogP contribution is -2.47. The molecule has 1 aliphatic heterocycles. The van der Waals surface area contributed by atoms with E-state index in [1.54, 1.807) is 6.07 Å². The van der Waals surface area contributed by atoms with Gasteiger partial charge in [-0.1, -0.05) is 32.0 Å². The van der Waals surface area contributed by atoms with Crippen molar-refractivity contribution >= 4 is 26.6 Å². The summed E-state index contributed by atoms with van der Waals surface area (Å²) in [6.45, 7) is 8.43. The second-order valence-corrected chi connectivity index (χ2v) is 8.65. The molecule has 0 spiro atoms. The molecule has 3 rings (SSSR count). The first-order valence-electron chi connectivity index (χ1n) is 8.87. The van der Waals surface area contributed by atoms with E-state index in [2.05, 4.69) is 27.8 Å². The van der Waals surface area contributed by atoms with Crippen LogP contribution in [0.2, 0.25) is 0 Å². The number of rotatable bonds is 5. The van der Waals surface area contributed by atoms with Crippen LogP contribution in [0, 0.1) is 5.92 Å². The molecular formula is C19H22F3N2O3S. The monoisotopic (exact) mass is 415 g/mol. The van der Waals surface area contributed by atoms with E-state index in [4.69, 9.17) is 0 Å². The Kier molecular flexibility index (Phi) is 5.77. The third kappa shape index (κ3) is 4.52. The van der Waals surface area contributed by atoms with Crippen molar-refractivity contribution in [1.29, 1.82) is 0 Å². The maximum absolute atomic E-state index is 12.6. The Balaban J connectivity index is 1.86. The van der Waals surface area contributed by atoms with Crippen molar-refractivity contribution in [3.05, 3.63) is 42.3 Å². The van der Waals surface area contributed by atoms with Crippen molar-refractivity contribution in [2.24, 2.45) is 0 Å². The number of benzene rings is 2. The minimum atomic E-state index is -5.70. The molecule has 0 aromatic heterocycles. The summed E-state index contributed by atoms with van der Waals surface area (Å²) in [5, 5.41) is 1.46. The van der Waals surface area contributed by atoms with Gasteiger partial charge in [0.05, 0.1) is 0 Å². The Bertz CT molecular complexity index is 937. The summed E-state index contributed by atoms with van der Waals surface area (Å²) in [5.74, 6) is 0.985. The topological polar surface area (TPSA) is 49.9 Å². The minimum absolute atomic E-state index is 0.355. The highest BCUT2D eigenvalue weighted by molar-refractivity contribution is 7.88. The van der Waals surface area contributed by atoms with Crippen LogP contribution in [0.5, 0.6) is 5.75 Å². The molecule has 9 heteroatoms. The summed E-state index contributed by atoms with van der Waals surface area (Å²) >= 11 is 0. The number of alkyl halides is 3. The average molecular weight is 415 g/mol. The summed E-state index contributed by atoms with van der Waals surface area (Å²) in [5.41, 5.74) is -4.61. The van der Waals surface area contributed by atoms with Gasteiger partial charge in [0, 0.05) is 43.8 Å². The SMILES string of the molecule is C[C](C)CN1CCN(c2cccc3ccc(OS(=O)(=O)C(F)(F)F)cc23)CC1. The van der Waals surface area contributed by atoms with Crippen LogP contribution in [0.4, 0.5) is 18.9 Å². The number of hydrogen-bond donors (Lipinski definition) is 0. The zero-order chi connectivity index (χ0) is 20.5. The van der Waals surface area contributed by atoms with Gasteiger partial charge in [0.15, 0.2) is 0 Å². The smallest absolute Gasteiger partial charge is 0.376 e. The number of anilines is 1. The second kappa shape index (κ2) is 7.79. The molecule has 1 saturated heterocycles. The number of fused-ring (bicyclic) bond motifs is 1. The lowest BCUT2D eigenvalue weighted by Gasteiger charge is -2.37. The normalized spacial score (nSPS) is 16.7. The van der Waals surface area contributed by atoms with Gasteiger partial charge in [0.1, 0.15) is 5.75 Å². The maximum atomic E-state index is 12.6. The molecule has 2 aromatic carbocycles. The van der Waals surface area contributed by atoms with Crippen molar-refractivity contribution < 1.29 is 25.8 Å². The van der Waals surface area contributed by atoms with Gasteiger partial charge < -0.3 is 9.08 Å². The molecule has 2 aromatic rings. The minimum Gasteiger partial charge on any atom is -0.376 e. The van der Waals surface area contributed by atoms with E-state index in [0.29, 0.717) is 5.39 Å². The van der Waals surface area contributed by atoms with Crippen molar-refractivity contribution in [2.75, 3.05) is 37.6 Å². The molecule has 1 heterocycles. The van der Waals surface area contributed by atoms with Gasteiger partial charge in [-0.15, -0.1) is 0 Å². The molecule has 0 N–H and O–H groups in total. The van der Waals surface area contributed by atoms with Gasteiger partial charge in [0.2, 0.25) is 0 Å². The summed E-state index contributed by atoms with van der Waals surface area (Å²) in [4.78, 5) is 4.51. The average Bonchev–Trinajstić information content (AvgIpc) is 2.60. The predicted octanol–water partition coefficient (Wildman–Crippen LogP) is 3.80. The Morgan fingerprint density at radius 2 is 1.75 bits per heavy atom. The molecule has 0 amide bonds. The van der Waals surface area contributed by atoms with Crippen LogP contribution in [0.15, 0.2) is 36.4 Å². The van der Waals surface area contributed by atoms with Gasteiger partial charge in [-0.3, -0.25) is 4.90 Å². The Labute approximate surface area is 162 Å². The zero-order valence-electron chi connectivity index (χ0n) is 15.7. The van der Waals surface area contributed by atoms with Crippen molar-refractivity contribution in [3.8, 4) is 5.75 Å². The van der Waals surface area contributed by atoms with Gasteiger partial charge >= 0.3 is 15.6 Å². The highest BCUT2D eigenvalue weighted by Crippen LogP contribution is 2.33. The molecule has 0 unspecified atom stereocenters. The van der Waals surface area contributed by atoms with Gasteiger partial charge in [-0.25, -0.2) is 0 Å². The number of hydrogen-bond acceptors (Lipinski definition) is 5. The van der Waals surface area contributed by atoms with Crippen LogP contribution in [0.25, 0.3) is 10.8 Å². The van der Waals surface area contributed by atoms with E-state index < -0.39 is 15.6 Å². The standard InChI is InChI=1S/C19H22F3N2O3S/c1-14(2)13-23-8-10-24(11-9-23)18-5-3-4-15-6-7-16(12-17(15)18)27-28(25,26)19(20,21)22/h3-7,12H,8-11,13H2,1-2H3. The third-order valence-electron chi connectivity index (χ3n) is 4.57. The fraction of sp³-hybridized carbons (Fsp3) is 0.421. The molecular weight excluding hydrogens is 393 g/mol. The fourth-order valence-corrected chi connectivity index (χ4v) is 3.78. The first kappa shape index (κ1) is 20.7. The van der Waals surface area contributed by atoms with E-state index in [0.717, 1.165) is 43.8 Å². The number of nitrogens with zero attached hydrogens (tertiary/aromatic N) is 2. The van der Waals surface area contributed by atoms with Crippen LogP contribution < -0.4 is 9.08 Å². The van der Waals surface area contributed by atoms with E-state index in [1.165, 1.54) is 18.1 Å². The molecule has 1 fully saturated rings. The quantitative estimate of drug-likeness (QED) is 0.549. The van der Waals surface area contributed by atoms with Crippen LogP contribution in [0.1, 0.15) is 13.8 Å². The van der Waals surface area contributed by atoms with E-state index in [9.17, 15) is 21.6 Å². The molecule has 5 nitrogen and oxygen atoms in total. The van der Waals surface area contributed by atoms with E-state index in [-0.39, 0.29) is 5.75 Å². The molecule has 0 saturated carbocycles.